The van der Waals surface area contributed by atoms with E-state index in [9.17, 15) is 24.3 Å². The van der Waals surface area contributed by atoms with Crippen LogP contribution in [0.5, 0.6) is 0 Å². The van der Waals surface area contributed by atoms with Crippen molar-refractivity contribution in [1.29, 1.82) is 0 Å². The first-order chi connectivity index (χ1) is 16.2. The summed E-state index contributed by atoms with van der Waals surface area (Å²) >= 11 is 0. The van der Waals surface area contributed by atoms with E-state index >= 15 is 0 Å². The van der Waals surface area contributed by atoms with Gasteiger partial charge < -0.3 is 26.2 Å². The maximum atomic E-state index is 12.8. The van der Waals surface area contributed by atoms with Crippen molar-refractivity contribution in [3.63, 3.8) is 0 Å². The summed E-state index contributed by atoms with van der Waals surface area (Å²) in [5.74, 6) is -3.36. The zero-order valence-electron chi connectivity index (χ0n) is 19.4. The third kappa shape index (κ3) is 5.65. The summed E-state index contributed by atoms with van der Waals surface area (Å²) in [6, 6.07) is 5.56. The lowest BCUT2D eigenvalue weighted by Crippen LogP contribution is -2.54. The van der Waals surface area contributed by atoms with E-state index in [2.05, 4.69) is 28.9 Å². The van der Waals surface area contributed by atoms with Gasteiger partial charge in [-0.15, -0.1) is 0 Å². The van der Waals surface area contributed by atoms with E-state index in [1.54, 1.807) is 6.92 Å². The van der Waals surface area contributed by atoms with Gasteiger partial charge in [-0.05, 0) is 41.0 Å². The van der Waals surface area contributed by atoms with Gasteiger partial charge in [0.05, 0.1) is 6.42 Å². The molecule has 3 rings (SSSR count). The maximum absolute atomic E-state index is 12.8. The zero-order valence-corrected chi connectivity index (χ0v) is 19.4. The summed E-state index contributed by atoms with van der Waals surface area (Å²) in [6.45, 7) is 3.71. The largest absolute Gasteiger partial charge is 0.480 e. The summed E-state index contributed by atoms with van der Waals surface area (Å²) in [6.07, 6.45) is 5.34. The molecule has 0 spiro atoms. The Balaban J connectivity index is 1.67. The SMILES string of the molecule is CC[C@H](C)[C@H](NC(=O)OCC1C2=C(CCC=C2)c2ccccc21)C(=O)N[C@@H](CC(N)=O)C(=O)O. The van der Waals surface area contributed by atoms with E-state index in [1.807, 2.05) is 25.1 Å². The number of nitrogens with one attached hydrogen (secondary N) is 2. The highest BCUT2D eigenvalue weighted by atomic mass is 16.5. The molecule has 0 saturated heterocycles. The number of rotatable bonds is 10. The predicted molar refractivity (Wildman–Crippen MR) is 126 cm³/mol. The lowest BCUT2D eigenvalue weighted by molar-refractivity contribution is -0.143. The number of aliphatic carboxylic acids is 1. The van der Waals surface area contributed by atoms with Gasteiger partial charge >= 0.3 is 12.1 Å². The van der Waals surface area contributed by atoms with Crippen LogP contribution in [0.25, 0.3) is 5.57 Å². The van der Waals surface area contributed by atoms with Crippen molar-refractivity contribution in [2.24, 2.45) is 11.7 Å². The number of alkyl carbamates (subject to hydrolysis) is 1. The zero-order chi connectivity index (χ0) is 24.8. The van der Waals surface area contributed by atoms with Gasteiger partial charge in [0.25, 0.3) is 0 Å². The summed E-state index contributed by atoms with van der Waals surface area (Å²) in [5.41, 5.74) is 9.79. The Morgan fingerprint density at radius 1 is 1.21 bits per heavy atom. The first-order valence-corrected chi connectivity index (χ1v) is 11.5. The number of hydrogen-bond donors (Lipinski definition) is 4. The molecule has 34 heavy (non-hydrogen) atoms. The molecule has 1 unspecified atom stereocenters. The Hall–Kier alpha value is -3.62. The van der Waals surface area contributed by atoms with Crippen LogP contribution in [0.1, 0.15) is 56.6 Å². The molecule has 0 fully saturated rings. The van der Waals surface area contributed by atoms with Gasteiger partial charge in [-0.2, -0.15) is 0 Å². The molecule has 2 aliphatic carbocycles. The highest BCUT2D eigenvalue weighted by molar-refractivity contribution is 5.91. The van der Waals surface area contributed by atoms with Crippen LogP contribution in [0.3, 0.4) is 0 Å². The van der Waals surface area contributed by atoms with Crippen LogP contribution in [0.4, 0.5) is 4.79 Å². The fraction of sp³-hybridized carbons (Fsp3) is 0.440. The molecule has 0 bridgehead atoms. The second-order valence-corrected chi connectivity index (χ2v) is 8.69. The fourth-order valence-corrected chi connectivity index (χ4v) is 4.41. The summed E-state index contributed by atoms with van der Waals surface area (Å²) < 4.78 is 5.54. The Labute approximate surface area is 198 Å². The molecular weight excluding hydrogens is 438 g/mol. The van der Waals surface area contributed by atoms with Gasteiger partial charge in [0.15, 0.2) is 0 Å². The lowest BCUT2D eigenvalue weighted by Gasteiger charge is -2.25. The number of carbonyl (C=O) groups excluding carboxylic acids is 3. The first kappa shape index (κ1) is 25.0. The van der Waals surface area contributed by atoms with Crippen LogP contribution in [-0.4, -0.2) is 47.7 Å². The molecule has 0 heterocycles. The molecule has 0 aromatic heterocycles. The van der Waals surface area contributed by atoms with E-state index in [0.29, 0.717) is 6.42 Å². The van der Waals surface area contributed by atoms with Gasteiger partial charge in [0.2, 0.25) is 11.8 Å². The van der Waals surface area contributed by atoms with E-state index < -0.39 is 42.4 Å². The highest BCUT2D eigenvalue weighted by Crippen LogP contribution is 2.46. The number of allylic oxidation sites excluding steroid dienone is 3. The molecule has 0 aliphatic heterocycles. The van der Waals surface area contributed by atoms with Crippen molar-refractivity contribution in [3.8, 4) is 0 Å². The monoisotopic (exact) mass is 469 g/mol. The normalized spacial score (nSPS) is 18.8. The fourth-order valence-electron chi connectivity index (χ4n) is 4.41. The molecule has 0 saturated carbocycles. The van der Waals surface area contributed by atoms with Crippen LogP contribution >= 0.6 is 0 Å². The number of amides is 3. The van der Waals surface area contributed by atoms with E-state index in [4.69, 9.17) is 10.5 Å². The Morgan fingerprint density at radius 3 is 2.62 bits per heavy atom. The van der Waals surface area contributed by atoms with Crippen LogP contribution < -0.4 is 16.4 Å². The Bertz CT molecular complexity index is 1030. The van der Waals surface area contributed by atoms with Crippen LogP contribution in [0.2, 0.25) is 0 Å². The first-order valence-electron chi connectivity index (χ1n) is 11.5. The van der Waals surface area contributed by atoms with E-state index in [0.717, 1.165) is 24.0 Å². The lowest BCUT2D eigenvalue weighted by atomic mass is 9.93. The summed E-state index contributed by atoms with van der Waals surface area (Å²) in [4.78, 5) is 48.0. The third-order valence-corrected chi connectivity index (χ3v) is 6.41. The number of benzene rings is 1. The third-order valence-electron chi connectivity index (χ3n) is 6.41. The standard InChI is InChI=1S/C25H31N3O6/c1-3-14(2)22(23(30)27-20(24(31)32)12-21(26)29)28-25(33)34-13-19-17-10-6-4-8-15(17)16-9-5-7-11-18(16)19/h4,6-8,10-11,14,19-20,22H,3,5,9,12-13H2,1-2H3,(H2,26,29)(H,27,30)(H,28,33)(H,31,32)/t14-,19?,20-,22-/m0/s1. The minimum absolute atomic E-state index is 0.0867. The topological polar surface area (TPSA) is 148 Å². The second-order valence-electron chi connectivity index (χ2n) is 8.69. The van der Waals surface area contributed by atoms with E-state index in [1.165, 1.54) is 11.1 Å². The molecule has 2 aliphatic rings. The van der Waals surface area contributed by atoms with Gasteiger partial charge in [0, 0.05) is 5.92 Å². The van der Waals surface area contributed by atoms with Crippen LogP contribution in [-0.2, 0) is 19.1 Å². The molecule has 5 N–H and O–H groups in total. The van der Waals surface area contributed by atoms with Gasteiger partial charge in [-0.25, -0.2) is 9.59 Å². The van der Waals surface area contributed by atoms with Crippen LogP contribution in [0.15, 0.2) is 42.0 Å². The molecule has 9 heteroatoms. The number of carboxylic acid groups (broad SMARTS) is 1. The second kappa shape index (κ2) is 11.0. The molecular formula is C25H31N3O6. The minimum atomic E-state index is -1.48. The average Bonchev–Trinajstić information content (AvgIpc) is 3.13. The maximum Gasteiger partial charge on any atom is 0.407 e. The Kier molecular flexibility index (Phi) is 8.09. The number of ether oxygens (including phenoxy) is 1. The van der Waals surface area contributed by atoms with Crippen LogP contribution in [0, 0.1) is 5.92 Å². The number of carboxylic acids is 1. The quantitative estimate of drug-likeness (QED) is 0.414. The van der Waals surface area contributed by atoms with Crippen molar-refractivity contribution in [3.05, 3.63) is 53.1 Å². The van der Waals surface area contributed by atoms with Crippen molar-refractivity contribution in [2.75, 3.05) is 6.61 Å². The molecule has 182 valence electrons. The minimum Gasteiger partial charge on any atom is -0.480 e. The van der Waals surface area contributed by atoms with Gasteiger partial charge in [-0.1, -0.05) is 56.7 Å². The van der Waals surface area contributed by atoms with Gasteiger partial charge in [0.1, 0.15) is 18.7 Å². The van der Waals surface area contributed by atoms with Crippen molar-refractivity contribution in [1.82, 2.24) is 10.6 Å². The number of nitrogens with two attached hydrogens (primary N) is 1. The molecule has 1 aromatic carbocycles. The molecule has 1 aromatic rings. The molecule has 3 amide bonds. The predicted octanol–water partition coefficient (Wildman–Crippen LogP) is 2.47. The van der Waals surface area contributed by atoms with E-state index in [-0.39, 0.29) is 18.4 Å². The number of carbonyl (C=O) groups is 4. The molecule has 0 radical (unpaired) electrons. The smallest absolute Gasteiger partial charge is 0.407 e. The molecule has 9 nitrogen and oxygen atoms in total. The van der Waals surface area contributed by atoms with Gasteiger partial charge in [-0.3, -0.25) is 9.59 Å². The van der Waals surface area contributed by atoms with Crippen molar-refractivity contribution in [2.45, 2.75) is 57.5 Å². The molecule has 4 atom stereocenters. The highest BCUT2D eigenvalue weighted by Gasteiger charge is 2.33. The van der Waals surface area contributed by atoms with Crippen molar-refractivity contribution < 1.29 is 29.0 Å². The average molecular weight is 470 g/mol. The summed E-state index contributed by atoms with van der Waals surface area (Å²) in [7, 11) is 0. The Morgan fingerprint density at radius 2 is 1.94 bits per heavy atom. The number of primary amides is 1. The number of hydrogen-bond acceptors (Lipinski definition) is 5. The van der Waals surface area contributed by atoms with Crippen molar-refractivity contribution >= 4 is 29.5 Å². The number of fused-ring (bicyclic) bond motifs is 2. The summed E-state index contributed by atoms with van der Waals surface area (Å²) in [5, 5.41) is 14.1.